The van der Waals surface area contributed by atoms with Gasteiger partial charge in [0.1, 0.15) is 12.4 Å². The molecule has 2 aromatic carbocycles. The molecule has 0 unspecified atom stereocenters. The summed E-state index contributed by atoms with van der Waals surface area (Å²) in [7, 11) is 0. The van der Waals surface area contributed by atoms with Crippen molar-refractivity contribution in [3.63, 3.8) is 0 Å². The van der Waals surface area contributed by atoms with Crippen LogP contribution in [0, 0.1) is 10.1 Å². The molecule has 0 N–H and O–H groups in total. The van der Waals surface area contributed by atoms with Gasteiger partial charge in [0.25, 0.3) is 0 Å². The summed E-state index contributed by atoms with van der Waals surface area (Å²) in [5.74, 6) is 0.478. The highest BCUT2D eigenvalue weighted by Gasteiger charge is 2.05. The van der Waals surface area contributed by atoms with Crippen LogP contribution in [0.15, 0.2) is 42.6 Å². The Morgan fingerprint density at radius 1 is 1.05 bits per heavy atom. The first-order chi connectivity index (χ1) is 10.5. The standard InChI is InChI=1S/C15H10Cl3NO3/c16-12-3-1-11(8-13(12)17)9-22-15-4-2-10(7-14(15)18)5-6-19(20)21/h1-8H,9H2/b6-5+. The van der Waals surface area contributed by atoms with E-state index in [0.717, 1.165) is 11.8 Å². The molecule has 0 fully saturated rings. The van der Waals surface area contributed by atoms with E-state index in [0.29, 0.717) is 26.4 Å². The predicted octanol–water partition coefficient (Wildman–Crippen LogP) is 5.47. The van der Waals surface area contributed by atoms with Gasteiger partial charge in [-0.2, -0.15) is 0 Å². The fourth-order valence-electron chi connectivity index (χ4n) is 1.68. The maximum atomic E-state index is 10.3. The van der Waals surface area contributed by atoms with E-state index in [9.17, 15) is 10.1 Å². The molecular weight excluding hydrogens is 349 g/mol. The van der Waals surface area contributed by atoms with Crippen LogP contribution in [0.25, 0.3) is 6.08 Å². The summed E-state index contributed by atoms with van der Waals surface area (Å²) in [4.78, 5) is 9.74. The lowest BCUT2D eigenvalue weighted by Crippen LogP contribution is -1.96. The van der Waals surface area contributed by atoms with Crippen LogP contribution in [-0.4, -0.2) is 4.92 Å². The van der Waals surface area contributed by atoms with Crippen LogP contribution in [0.2, 0.25) is 15.1 Å². The van der Waals surface area contributed by atoms with Crippen LogP contribution < -0.4 is 4.74 Å². The third kappa shape index (κ3) is 4.63. The number of nitrogens with zero attached hydrogens (tertiary/aromatic N) is 1. The molecule has 7 heteroatoms. The minimum Gasteiger partial charge on any atom is -0.487 e. The van der Waals surface area contributed by atoms with Crippen molar-refractivity contribution in [3.05, 3.63) is 78.9 Å². The van der Waals surface area contributed by atoms with Gasteiger partial charge in [-0.05, 0) is 35.4 Å². The van der Waals surface area contributed by atoms with Crippen molar-refractivity contribution in [1.29, 1.82) is 0 Å². The van der Waals surface area contributed by atoms with Crippen molar-refractivity contribution < 1.29 is 9.66 Å². The molecule has 2 aromatic rings. The van der Waals surface area contributed by atoms with E-state index in [4.69, 9.17) is 39.5 Å². The van der Waals surface area contributed by atoms with Crippen LogP contribution in [0.3, 0.4) is 0 Å². The normalized spacial score (nSPS) is 10.9. The number of halogens is 3. The fourth-order valence-corrected chi connectivity index (χ4v) is 2.24. The van der Waals surface area contributed by atoms with Crippen LogP contribution in [0.5, 0.6) is 5.75 Å². The van der Waals surface area contributed by atoms with Gasteiger partial charge in [-0.1, -0.05) is 46.9 Å². The van der Waals surface area contributed by atoms with Crippen molar-refractivity contribution in [2.75, 3.05) is 0 Å². The van der Waals surface area contributed by atoms with Gasteiger partial charge < -0.3 is 4.74 Å². The largest absolute Gasteiger partial charge is 0.487 e. The van der Waals surface area contributed by atoms with E-state index in [1.54, 1.807) is 36.4 Å². The molecule has 4 nitrogen and oxygen atoms in total. The Bertz CT molecular complexity index is 732. The van der Waals surface area contributed by atoms with E-state index in [1.165, 1.54) is 6.08 Å². The maximum Gasteiger partial charge on any atom is 0.235 e. The average Bonchev–Trinajstić information content (AvgIpc) is 2.47. The van der Waals surface area contributed by atoms with Gasteiger partial charge in [0, 0.05) is 6.08 Å². The lowest BCUT2D eigenvalue weighted by molar-refractivity contribution is -0.400. The average molecular weight is 359 g/mol. The van der Waals surface area contributed by atoms with Crippen molar-refractivity contribution >= 4 is 40.9 Å². The molecule has 0 bridgehead atoms. The minimum atomic E-state index is -0.539. The topological polar surface area (TPSA) is 52.4 Å². The molecule has 0 amide bonds. The Morgan fingerprint density at radius 3 is 2.45 bits per heavy atom. The first kappa shape index (κ1) is 16.6. The van der Waals surface area contributed by atoms with Crippen LogP contribution in [0.1, 0.15) is 11.1 Å². The van der Waals surface area contributed by atoms with Crippen LogP contribution in [-0.2, 0) is 6.61 Å². The zero-order valence-corrected chi connectivity index (χ0v) is 13.4. The highest BCUT2D eigenvalue weighted by Crippen LogP contribution is 2.28. The molecule has 0 saturated heterocycles. The van der Waals surface area contributed by atoms with Gasteiger partial charge in [-0.3, -0.25) is 10.1 Å². The van der Waals surface area contributed by atoms with Gasteiger partial charge in [0.2, 0.25) is 6.20 Å². The maximum absolute atomic E-state index is 10.3. The second-order valence-electron chi connectivity index (χ2n) is 4.33. The summed E-state index contributed by atoms with van der Waals surface area (Å²) >= 11 is 17.9. The molecule has 0 atom stereocenters. The summed E-state index contributed by atoms with van der Waals surface area (Å²) in [6, 6.07) is 10.1. The molecular formula is C15H10Cl3NO3. The number of rotatable bonds is 5. The van der Waals surface area contributed by atoms with Crippen molar-refractivity contribution in [3.8, 4) is 5.75 Å². The summed E-state index contributed by atoms with van der Waals surface area (Å²) in [6.07, 6.45) is 2.20. The Morgan fingerprint density at radius 2 is 1.82 bits per heavy atom. The highest BCUT2D eigenvalue weighted by atomic mass is 35.5. The van der Waals surface area contributed by atoms with Crippen molar-refractivity contribution in [1.82, 2.24) is 0 Å². The molecule has 0 aliphatic carbocycles. The molecule has 0 aliphatic rings. The van der Waals surface area contributed by atoms with Gasteiger partial charge in [-0.15, -0.1) is 0 Å². The summed E-state index contributed by atoms with van der Waals surface area (Å²) in [6.45, 7) is 0.278. The quantitative estimate of drug-likeness (QED) is 0.526. The minimum absolute atomic E-state index is 0.278. The molecule has 0 heterocycles. The SMILES string of the molecule is O=[N+]([O-])/C=C/c1ccc(OCc2ccc(Cl)c(Cl)c2)c(Cl)c1. The molecule has 0 radical (unpaired) electrons. The highest BCUT2D eigenvalue weighted by molar-refractivity contribution is 6.42. The Labute approximate surface area is 142 Å². The van der Waals surface area contributed by atoms with E-state index < -0.39 is 4.92 Å². The van der Waals surface area contributed by atoms with E-state index >= 15 is 0 Å². The lowest BCUT2D eigenvalue weighted by atomic mass is 10.2. The van der Waals surface area contributed by atoms with Crippen LogP contribution in [0.4, 0.5) is 0 Å². The van der Waals surface area contributed by atoms with Crippen molar-refractivity contribution in [2.45, 2.75) is 6.61 Å². The molecule has 0 aliphatic heterocycles. The molecule has 114 valence electrons. The van der Waals surface area contributed by atoms with Gasteiger partial charge in [0.05, 0.1) is 20.0 Å². The monoisotopic (exact) mass is 357 g/mol. The molecule has 2 rings (SSSR count). The summed E-state index contributed by atoms with van der Waals surface area (Å²) in [5.41, 5.74) is 1.46. The second-order valence-corrected chi connectivity index (χ2v) is 5.55. The first-order valence-corrected chi connectivity index (χ1v) is 7.27. The van der Waals surface area contributed by atoms with Crippen LogP contribution >= 0.6 is 34.8 Å². The zero-order chi connectivity index (χ0) is 16.1. The van der Waals surface area contributed by atoms with Gasteiger partial charge in [0.15, 0.2) is 0 Å². The number of hydrogen-bond donors (Lipinski definition) is 0. The molecule has 0 saturated carbocycles. The fraction of sp³-hybridized carbons (Fsp3) is 0.0667. The third-order valence-electron chi connectivity index (χ3n) is 2.72. The molecule has 22 heavy (non-hydrogen) atoms. The van der Waals surface area contributed by atoms with E-state index in [2.05, 4.69) is 0 Å². The Hall–Kier alpha value is -1.75. The van der Waals surface area contributed by atoms with Gasteiger partial charge >= 0.3 is 0 Å². The molecule has 0 spiro atoms. The summed E-state index contributed by atoms with van der Waals surface area (Å²) < 4.78 is 5.61. The lowest BCUT2D eigenvalue weighted by Gasteiger charge is -2.09. The number of benzene rings is 2. The second kappa shape index (κ2) is 7.49. The predicted molar refractivity (Wildman–Crippen MR) is 88.3 cm³/mol. The Kier molecular flexibility index (Phi) is 5.66. The summed E-state index contributed by atoms with van der Waals surface area (Å²) in [5, 5.41) is 11.6. The zero-order valence-electron chi connectivity index (χ0n) is 11.1. The third-order valence-corrected chi connectivity index (χ3v) is 3.76. The first-order valence-electron chi connectivity index (χ1n) is 6.13. The van der Waals surface area contributed by atoms with E-state index in [1.807, 2.05) is 0 Å². The number of nitro groups is 1. The molecule has 0 aromatic heterocycles. The Balaban J connectivity index is 2.06. The van der Waals surface area contributed by atoms with Gasteiger partial charge in [-0.25, -0.2) is 0 Å². The number of hydrogen-bond acceptors (Lipinski definition) is 3. The van der Waals surface area contributed by atoms with E-state index in [-0.39, 0.29) is 6.61 Å². The smallest absolute Gasteiger partial charge is 0.235 e. The van der Waals surface area contributed by atoms with Crippen molar-refractivity contribution in [2.24, 2.45) is 0 Å². The number of ether oxygens (including phenoxy) is 1.